The molecule has 19 heavy (non-hydrogen) atoms. The summed E-state index contributed by atoms with van der Waals surface area (Å²) in [7, 11) is 0. The van der Waals surface area contributed by atoms with E-state index in [1.807, 2.05) is 11.3 Å². The lowest BCUT2D eigenvalue weighted by Crippen LogP contribution is -2.38. The first-order chi connectivity index (χ1) is 9.16. The third-order valence-electron chi connectivity index (χ3n) is 5.04. The van der Waals surface area contributed by atoms with E-state index in [1.54, 1.807) is 0 Å². The Balaban J connectivity index is 1.78. The maximum atomic E-state index is 6.35. The molecule has 0 aromatic carbocycles. The zero-order valence-electron chi connectivity index (χ0n) is 12.1. The lowest BCUT2D eigenvalue weighted by Gasteiger charge is -2.31. The summed E-state index contributed by atoms with van der Waals surface area (Å²) < 4.78 is 0. The third-order valence-corrected chi connectivity index (χ3v) is 5.98. The molecular formula is C16H26N2S. The standard InChI is InChI=1S/C16H26N2S/c1-11(2)16(15-7-4-8-19-15)18-9-12-5-3-6-14(17)13(12)10-18/h4,7-8,11-14,16H,3,5-6,9-10,17H2,1-2H3. The van der Waals surface area contributed by atoms with Crippen molar-refractivity contribution >= 4 is 11.3 Å². The highest BCUT2D eigenvalue weighted by atomic mass is 32.1. The van der Waals surface area contributed by atoms with E-state index < -0.39 is 0 Å². The monoisotopic (exact) mass is 278 g/mol. The van der Waals surface area contributed by atoms with Crippen LogP contribution in [0.2, 0.25) is 0 Å². The van der Waals surface area contributed by atoms with E-state index in [0.29, 0.717) is 18.0 Å². The van der Waals surface area contributed by atoms with Crippen LogP contribution in [0.3, 0.4) is 0 Å². The highest BCUT2D eigenvalue weighted by Crippen LogP contribution is 2.41. The van der Waals surface area contributed by atoms with Gasteiger partial charge in [0.2, 0.25) is 0 Å². The van der Waals surface area contributed by atoms with Gasteiger partial charge in [-0.15, -0.1) is 11.3 Å². The summed E-state index contributed by atoms with van der Waals surface area (Å²) >= 11 is 1.91. The van der Waals surface area contributed by atoms with Gasteiger partial charge in [0.1, 0.15) is 0 Å². The molecule has 2 nitrogen and oxygen atoms in total. The predicted octanol–water partition coefficient (Wildman–Crippen LogP) is 3.50. The van der Waals surface area contributed by atoms with E-state index in [4.69, 9.17) is 5.73 Å². The lowest BCUT2D eigenvalue weighted by molar-refractivity contribution is 0.186. The highest BCUT2D eigenvalue weighted by Gasteiger charge is 2.41. The molecular weight excluding hydrogens is 252 g/mol. The van der Waals surface area contributed by atoms with Crippen molar-refractivity contribution in [3.63, 3.8) is 0 Å². The average molecular weight is 278 g/mol. The molecule has 1 aromatic heterocycles. The smallest absolute Gasteiger partial charge is 0.0464 e. The summed E-state index contributed by atoms with van der Waals surface area (Å²) in [6.45, 7) is 7.18. The van der Waals surface area contributed by atoms with Gasteiger partial charge in [0, 0.05) is 30.1 Å². The zero-order valence-corrected chi connectivity index (χ0v) is 12.9. The molecule has 1 saturated heterocycles. The minimum atomic E-state index is 0.444. The van der Waals surface area contributed by atoms with Crippen LogP contribution >= 0.6 is 11.3 Å². The van der Waals surface area contributed by atoms with Gasteiger partial charge in [-0.25, -0.2) is 0 Å². The van der Waals surface area contributed by atoms with Crippen LogP contribution in [0.4, 0.5) is 0 Å². The van der Waals surface area contributed by atoms with Gasteiger partial charge < -0.3 is 5.73 Å². The first kappa shape index (κ1) is 13.6. The zero-order chi connectivity index (χ0) is 13.4. The normalized spacial score (nSPS) is 33.6. The molecule has 1 saturated carbocycles. The van der Waals surface area contributed by atoms with Crippen LogP contribution < -0.4 is 5.73 Å². The summed E-state index contributed by atoms with van der Waals surface area (Å²) in [5.41, 5.74) is 6.35. The molecule has 0 spiro atoms. The predicted molar refractivity (Wildman–Crippen MR) is 82.3 cm³/mol. The summed E-state index contributed by atoms with van der Waals surface area (Å²) in [6, 6.07) is 5.53. The van der Waals surface area contributed by atoms with E-state index in [1.165, 1.54) is 37.2 Å². The quantitative estimate of drug-likeness (QED) is 0.917. The molecule has 1 aliphatic heterocycles. The van der Waals surface area contributed by atoms with Gasteiger partial charge in [0.25, 0.3) is 0 Å². The summed E-state index contributed by atoms with van der Waals surface area (Å²) in [4.78, 5) is 4.25. The van der Waals surface area contributed by atoms with Crippen LogP contribution in [-0.2, 0) is 0 Å². The Kier molecular flexibility index (Phi) is 3.97. The van der Waals surface area contributed by atoms with Crippen LogP contribution in [0.5, 0.6) is 0 Å². The van der Waals surface area contributed by atoms with E-state index in [-0.39, 0.29) is 0 Å². The molecule has 0 amide bonds. The second-order valence-corrected chi connectivity index (χ2v) is 7.66. The highest BCUT2D eigenvalue weighted by molar-refractivity contribution is 7.10. The Bertz CT molecular complexity index is 401. The van der Waals surface area contributed by atoms with Gasteiger partial charge in [-0.1, -0.05) is 26.3 Å². The number of thiophene rings is 1. The molecule has 3 heteroatoms. The SMILES string of the molecule is CC(C)C(c1cccs1)N1CC2CCCC(N)C2C1. The summed E-state index contributed by atoms with van der Waals surface area (Å²) in [6.07, 6.45) is 3.96. The van der Waals surface area contributed by atoms with Crippen LogP contribution in [0.15, 0.2) is 17.5 Å². The van der Waals surface area contributed by atoms with Crippen molar-refractivity contribution in [3.8, 4) is 0 Å². The molecule has 0 radical (unpaired) electrons. The van der Waals surface area contributed by atoms with Crippen molar-refractivity contribution < 1.29 is 0 Å². The van der Waals surface area contributed by atoms with Crippen molar-refractivity contribution in [2.24, 2.45) is 23.5 Å². The minimum absolute atomic E-state index is 0.444. The van der Waals surface area contributed by atoms with Gasteiger partial charge in [-0.05, 0) is 42.0 Å². The Labute approximate surface area is 121 Å². The fraction of sp³-hybridized carbons (Fsp3) is 0.750. The molecule has 3 rings (SSSR count). The molecule has 4 atom stereocenters. The van der Waals surface area contributed by atoms with Crippen molar-refractivity contribution in [1.82, 2.24) is 4.90 Å². The largest absolute Gasteiger partial charge is 0.327 e. The molecule has 1 aliphatic carbocycles. The molecule has 2 N–H and O–H groups in total. The number of nitrogens with two attached hydrogens (primary N) is 1. The van der Waals surface area contributed by atoms with E-state index >= 15 is 0 Å². The van der Waals surface area contributed by atoms with E-state index in [9.17, 15) is 0 Å². The molecule has 2 heterocycles. The van der Waals surface area contributed by atoms with Gasteiger partial charge in [-0.2, -0.15) is 0 Å². The molecule has 0 bridgehead atoms. The first-order valence-corrected chi connectivity index (χ1v) is 8.58. The van der Waals surface area contributed by atoms with Crippen LogP contribution in [0.1, 0.15) is 44.0 Å². The van der Waals surface area contributed by atoms with Crippen molar-refractivity contribution in [3.05, 3.63) is 22.4 Å². The molecule has 2 fully saturated rings. The average Bonchev–Trinajstić information content (AvgIpc) is 2.99. The first-order valence-electron chi connectivity index (χ1n) is 7.70. The Morgan fingerprint density at radius 2 is 2.16 bits per heavy atom. The number of nitrogens with zero attached hydrogens (tertiary/aromatic N) is 1. The van der Waals surface area contributed by atoms with Crippen molar-refractivity contribution in [1.29, 1.82) is 0 Å². The number of hydrogen-bond donors (Lipinski definition) is 1. The Hall–Kier alpha value is -0.380. The van der Waals surface area contributed by atoms with Gasteiger partial charge in [0.05, 0.1) is 0 Å². The fourth-order valence-corrected chi connectivity index (χ4v) is 5.20. The number of rotatable bonds is 3. The van der Waals surface area contributed by atoms with Crippen LogP contribution in [0.25, 0.3) is 0 Å². The van der Waals surface area contributed by atoms with E-state index in [0.717, 1.165) is 11.8 Å². The fourth-order valence-electron chi connectivity index (χ4n) is 4.17. The number of likely N-dealkylation sites (tertiary alicyclic amines) is 1. The summed E-state index contributed by atoms with van der Waals surface area (Å²) in [5, 5.41) is 2.21. The van der Waals surface area contributed by atoms with Crippen molar-refractivity contribution in [2.75, 3.05) is 13.1 Å². The van der Waals surface area contributed by atoms with Gasteiger partial charge in [-0.3, -0.25) is 4.90 Å². The lowest BCUT2D eigenvalue weighted by atomic mass is 9.78. The maximum absolute atomic E-state index is 6.35. The Morgan fingerprint density at radius 3 is 2.79 bits per heavy atom. The number of hydrogen-bond acceptors (Lipinski definition) is 3. The van der Waals surface area contributed by atoms with Gasteiger partial charge >= 0.3 is 0 Å². The summed E-state index contributed by atoms with van der Waals surface area (Å²) in [5.74, 6) is 2.27. The Morgan fingerprint density at radius 1 is 1.32 bits per heavy atom. The molecule has 1 aromatic rings. The second kappa shape index (κ2) is 5.55. The molecule has 2 aliphatic rings. The van der Waals surface area contributed by atoms with Crippen LogP contribution in [0, 0.1) is 17.8 Å². The van der Waals surface area contributed by atoms with Crippen molar-refractivity contribution in [2.45, 2.75) is 45.2 Å². The third kappa shape index (κ3) is 2.61. The minimum Gasteiger partial charge on any atom is -0.327 e. The maximum Gasteiger partial charge on any atom is 0.0464 e. The van der Waals surface area contributed by atoms with Crippen LogP contribution in [-0.4, -0.2) is 24.0 Å². The molecule has 4 unspecified atom stereocenters. The van der Waals surface area contributed by atoms with Gasteiger partial charge in [0.15, 0.2) is 0 Å². The topological polar surface area (TPSA) is 29.3 Å². The molecule has 106 valence electrons. The second-order valence-electron chi connectivity index (χ2n) is 6.68. The van der Waals surface area contributed by atoms with E-state index in [2.05, 4.69) is 36.3 Å². The number of fused-ring (bicyclic) bond motifs is 1.